The molecular formula is C15H17N3O2. The number of amides is 1. The van der Waals surface area contributed by atoms with Gasteiger partial charge in [0.25, 0.3) is 5.91 Å². The molecule has 0 saturated carbocycles. The molecule has 1 aromatic heterocycles. The second-order valence-corrected chi connectivity index (χ2v) is 4.62. The third-order valence-corrected chi connectivity index (χ3v) is 2.53. The maximum absolute atomic E-state index is 12.0. The lowest BCUT2D eigenvalue weighted by molar-refractivity contribution is 0.102. The Morgan fingerprint density at radius 2 is 1.90 bits per heavy atom. The predicted octanol–water partition coefficient (Wildman–Crippen LogP) is 2.70. The van der Waals surface area contributed by atoms with Gasteiger partial charge in [-0.3, -0.25) is 4.79 Å². The molecule has 0 saturated heterocycles. The van der Waals surface area contributed by atoms with Crippen LogP contribution in [0.1, 0.15) is 24.2 Å². The van der Waals surface area contributed by atoms with Gasteiger partial charge in [0, 0.05) is 5.56 Å². The molecule has 0 spiro atoms. The van der Waals surface area contributed by atoms with Crippen LogP contribution in [0.15, 0.2) is 42.6 Å². The lowest BCUT2D eigenvalue weighted by Gasteiger charge is -2.10. The number of rotatable bonds is 4. The van der Waals surface area contributed by atoms with Crippen LogP contribution in [0.3, 0.4) is 0 Å². The lowest BCUT2D eigenvalue weighted by atomic mass is 10.2. The van der Waals surface area contributed by atoms with Gasteiger partial charge in [-0.2, -0.15) is 0 Å². The number of nitrogens with two attached hydrogens (primary N) is 1. The fourth-order valence-electron chi connectivity index (χ4n) is 1.64. The van der Waals surface area contributed by atoms with Gasteiger partial charge < -0.3 is 15.8 Å². The molecule has 1 aromatic carbocycles. The van der Waals surface area contributed by atoms with E-state index in [1.165, 1.54) is 6.20 Å². The van der Waals surface area contributed by atoms with E-state index < -0.39 is 0 Å². The molecule has 0 atom stereocenters. The monoisotopic (exact) mass is 271 g/mol. The number of nitrogens with zero attached hydrogens (tertiary/aromatic N) is 1. The Kier molecular flexibility index (Phi) is 4.20. The van der Waals surface area contributed by atoms with Crippen LogP contribution in [0.5, 0.6) is 5.75 Å². The molecule has 5 nitrogen and oxygen atoms in total. The number of pyridine rings is 1. The first-order valence-corrected chi connectivity index (χ1v) is 6.34. The topological polar surface area (TPSA) is 77.2 Å². The predicted molar refractivity (Wildman–Crippen MR) is 78.8 cm³/mol. The van der Waals surface area contributed by atoms with Crippen molar-refractivity contribution in [3.05, 3.63) is 48.2 Å². The minimum absolute atomic E-state index is 0.107. The van der Waals surface area contributed by atoms with Gasteiger partial charge in [-0.1, -0.05) is 0 Å². The number of aromatic nitrogens is 1. The summed E-state index contributed by atoms with van der Waals surface area (Å²) in [6, 6.07) is 10.3. The number of carbonyl (C=O) groups excluding carboxylic acids is 1. The Labute approximate surface area is 117 Å². The second-order valence-electron chi connectivity index (χ2n) is 4.62. The van der Waals surface area contributed by atoms with Crippen molar-refractivity contribution >= 4 is 17.4 Å². The zero-order valence-corrected chi connectivity index (χ0v) is 11.5. The molecule has 0 aliphatic rings. The van der Waals surface area contributed by atoms with E-state index in [1.54, 1.807) is 36.4 Å². The minimum atomic E-state index is -0.201. The summed E-state index contributed by atoms with van der Waals surface area (Å²) in [7, 11) is 0. The molecule has 0 unspecified atom stereocenters. The smallest absolute Gasteiger partial charge is 0.255 e. The van der Waals surface area contributed by atoms with Crippen molar-refractivity contribution in [2.24, 2.45) is 0 Å². The van der Waals surface area contributed by atoms with Crippen LogP contribution in [-0.2, 0) is 0 Å². The molecule has 0 radical (unpaired) electrons. The van der Waals surface area contributed by atoms with Gasteiger partial charge >= 0.3 is 0 Å². The molecule has 5 heteroatoms. The lowest BCUT2D eigenvalue weighted by Crippen LogP contribution is -2.12. The Morgan fingerprint density at radius 1 is 1.20 bits per heavy atom. The van der Waals surface area contributed by atoms with E-state index in [0.717, 1.165) is 5.75 Å². The first-order chi connectivity index (χ1) is 9.54. The first kappa shape index (κ1) is 13.9. The highest BCUT2D eigenvalue weighted by molar-refractivity contribution is 6.04. The Bertz CT molecular complexity index is 577. The summed E-state index contributed by atoms with van der Waals surface area (Å²) in [5.41, 5.74) is 6.64. The normalized spacial score (nSPS) is 10.3. The molecule has 1 amide bonds. The molecule has 0 aliphatic carbocycles. The summed E-state index contributed by atoms with van der Waals surface area (Å²) >= 11 is 0. The fourth-order valence-corrected chi connectivity index (χ4v) is 1.64. The zero-order valence-electron chi connectivity index (χ0n) is 11.5. The van der Waals surface area contributed by atoms with Gasteiger partial charge in [-0.05, 0) is 50.2 Å². The van der Waals surface area contributed by atoms with Crippen molar-refractivity contribution in [2.45, 2.75) is 20.0 Å². The second kappa shape index (κ2) is 6.06. The third kappa shape index (κ3) is 3.71. The summed E-state index contributed by atoms with van der Waals surface area (Å²) in [6.07, 6.45) is 1.62. The van der Waals surface area contributed by atoms with Crippen molar-refractivity contribution in [3.63, 3.8) is 0 Å². The summed E-state index contributed by atoms with van der Waals surface area (Å²) in [6.45, 7) is 3.91. The molecule has 20 heavy (non-hydrogen) atoms. The van der Waals surface area contributed by atoms with E-state index in [4.69, 9.17) is 10.5 Å². The molecular weight excluding hydrogens is 254 g/mol. The van der Waals surface area contributed by atoms with E-state index in [0.29, 0.717) is 17.1 Å². The van der Waals surface area contributed by atoms with E-state index in [1.807, 2.05) is 13.8 Å². The fraction of sp³-hybridized carbons (Fsp3) is 0.200. The van der Waals surface area contributed by atoms with Gasteiger partial charge in [-0.15, -0.1) is 0 Å². The Balaban J connectivity index is 2.03. The quantitative estimate of drug-likeness (QED) is 0.896. The SMILES string of the molecule is CC(C)Oc1ccc(C(=O)Nc2ccc(N)nc2)cc1. The molecule has 104 valence electrons. The number of hydrogen-bond acceptors (Lipinski definition) is 4. The highest BCUT2D eigenvalue weighted by atomic mass is 16.5. The molecule has 2 rings (SSSR count). The van der Waals surface area contributed by atoms with Crippen molar-refractivity contribution in [3.8, 4) is 5.75 Å². The zero-order chi connectivity index (χ0) is 14.5. The van der Waals surface area contributed by atoms with E-state index in [-0.39, 0.29) is 12.0 Å². The van der Waals surface area contributed by atoms with Gasteiger partial charge in [0.05, 0.1) is 18.0 Å². The van der Waals surface area contributed by atoms with Crippen molar-refractivity contribution in [1.29, 1.82) is 0 Å². The van der Waals surface area contributed by atoms with Gasteiger partial charge in [0.15, 0.2) is 0 Å². The highest BCUT2D eigenvalue weighted by Crippen LogP contribution is 2.15. The van der Waals surface area contributed by atoms with Crippen molar-refractivity contribution in [2.75, 3.05) is 11.1 Å². The van der Waals surface area contributed by atoms with Crippen molar-refractivity contribution < 1.29 is 9.53 Å². The van der Waals surface area contributed by atoms with Crippen LogP contribution >= 0.6 is 0 Å². The highest BCUT2D eigenvalue weighted by Gasteiger charge is 2.07. The van der Waals surface area contributed by atoms with E-state index in [2.05, 4.69) is 10.3 Å². The number of anilines is 2. The number of benzene rings is 1. The molecule has 1 heterocycles. The maximum atomic E-state index is 12.0. The summed E-state index contributed by atoms with van der Waals surface area (Å²) < 4.78 is 5.52. The molecule has 0 bridgehead atoms. The first-order valence-electron chi connectivity index (χ1n) is 6.34. The van der Waals surface area contributed by atoms with Crippen molar-refractivity contribution in [1.82, 2.24) is 4.98 Å². The van der Waals surface area contributed by atoms with E-state index >= 15 is 0 Å². The largest absolute Gasteiger partial charge is 0.491 e. The number of carbonyl (C=O) groups is 1. The molecule has 0 aliphatic heterocycles. The Hall–Kier alpha value is -2.56. The van der Waals surface area contributed by atoms with Gasteiger partial charge in [-0.25, -0.2) is 4.98 Å². The van der Waals surface area contributed by atoms with Crippen LogP contribution in [0.2, 0.25) is 0 Å². The minimum Gasteiger partial charge on any atom is -0.491 e. The number of hydrogen-bond donors (Lipinski definition) is 2. The van der Waals surface area contributed by atoms with Gasteiger partial charge in [0.1, 0.15) is 11.6 Å². The maximum Gasteiger partial charge on any atom is 0.255 e. The standard InChI is InChI=1S/C15H17N3O2/c1-10(2)20-13-6-3-11(4-7-13)15(19)18-12-5-8-14(16)17-9-12/h3-10H,1-2H3,(H2,16,17)(H,18,19). The third-order valence-electron chi connectivity index (χ3n) is 2.53. The number of nitrogen functional groups attached to an aromatic ring is 1. The average molecular weight is 271 g/mol. The van der Waals surface area contributed by atoms with Crippen LogP contribution in [0.25, 0.3) is 0 Å². The van der Waals surface area contributed by atoms with Crippen LogP contribution in [0, 0.1) is 0 Å². The van der Waals surface area contributed by atoms with E-state index in [9.17, 15) is 4.79 Å². The average Bonchev–Trinajstić information content (AvgIpc) is 2.41. The molecule has 3 N–H and O–H groups in total. The molecule has 0 fully saturated rings. The van der Waals surface area contributed by atoms with Crippen LogP contribution in [0.4, 0.5) is 11.5 Å². The molecule has 2 aromatic rings. The number of ether oxygens (including phenoxy) is 1. The van der Waals surface area contributed by atoms with Crippen LogP contribution < -0.4 is 15.8 Å². The summed E-state index contributed by atoms with van der Waals surface area (Å²) in [4.78, 5) is 15.9. The number of nitrogens with one attached hydrogen (secondary N) is 1. The Morgan fingerprint density at radius 3 is 2.45 bits per heavy atom. The summed E-state index contributed by atoms with van der Waals surface area (Å²) in [5, 5.41) is 2.75. The van der Waals surface area contributed by atoms with Crippen LogP contribution in [-0.4, -0.2) is 17.0 Å². The summed E-state index contributed by atoms with van der Waals surface area (Å²) in [5.74, 6) is 0.955. The van der Waals surface area contributed by atoms with Gasteiger partial charge in [0.2, 0.25) is 0 Å².